The van der Waals surface area contributed by atoms with E-state index in [1.165, 1.54) is 7.11 Å². The maximum absolute atomic E-state index is 13.4. The van der Waals surface area contributed by atoms with Crippen molar-refractivity contribution in [2.45, 2.75) is 90.5 Å². The van der Waals surface area contributed by atoms with Crippen molar-refractivity contribution >= 4 is 17.8 Å². The summed E-state index contributed by atoms with van der Waals surface area (Å²) < 4.78 is 10.6. The number of carboxylic acid groups (broad SMARTS) is 1. The van der Waals surface area contributed by atoms with Crippen molar-refractivity contribution in [1.82, 2.24) is 5.32 Å². The molecule has 0 spiro atoms. The predicted molar refractivity (Wildman–Crippen MR) is 105 cm³/mol. The van der Waals surface area contributed by atoms with Crippen LogP contribution in [0.3, 0.4) is 0 Å². The molecule has 0 bridgehead atoms. The summed E-state index contributed by atoms with van der Waals surface area (Å²) in [5.41, 5.74) is 3.49. The first-order valence-electron chi connectivity index (χ1n) is 9.67. The lowest BCUT2D eigenvalue weighted by molar-refractivity contribution is -0.153. The molecule has 0 saturated heterocycles. The van der Waals surface area contributed by atoms with E-state index in [2.05, 4.69) is 5.32 Å². The van der Waals surface area contributed by atoms with Gasteiger partial charge in [0.05, 0.1) is 18.1 Å². The number of Topliss-reactive ketones (excluding diaryl/α,β-unsaturated/α-hetero) is 1. The highest BCUT2D eigenvalue weighted by molar-refractivity contribution is 5.95. The fourth-order valence-corrected chi connectivity index (χ4v) is 3.53. The minimum Gasteiger partial charge on any atom is -0.480 e. The van der Waals surface area contributed by atoms with E-state index in [0.717, 1.165) is 0 Å². The number of nitrogens with one attached hydrogen (secondary N) is 1. The van der Waals surface area contributed by atoms with E-state index in [-0.39, 0.29) is 24.4 Å². The summed E-state index contributed by atoms with van der Waals surface area (Å²) in [6.45, 7) is 11.0. The molecule has 1 amide bonds. The van der Waals surface area contributed by atoms with E-state index in [0.29, 0.717) is 12.8 Å². The van der Waals surface area contributed by atoms with E-state index in [4.69, 9.17) is 15.2 Å². The average Bonchev–Trinajstić information content (AvgIpc) is 2.50. The Morgan fingerprint density at radius 1 is 1.21 bits per heavy atom. The van der Waals surface area contributed by atoms with Crippen LogP contribution in [0.2, 0.25) is 0 Å². The molecule has 3 unspecified atom stereocenters. The minimum atomic E-state index is -1.68. The Bertz CT molecular complexity index is 592. The van der Waals surface area contributed by atoms with Gasteiger partial charge in [-0.3, -0.25) is 9.59 Å². The number of carbonyl (C=O) groups excluding carboxylic acids is 2. The fraction of sp³-hybridized carbons (Fsp3) is 0.850. The molecular formula is C20H36N2O6. The van der Waals surface area contributed by atoms with Gasteiger partial charge in [-0.2, -0.15) is 0 Å². The van der Waals surface area contributed by atoms with Crippen molar-refractivity contribution in [3.05, 3.63) is 0 Å². The Kier molecular flexibility index (Phi) is 7.64. The lowest BCUT2D eigenvalue weighted by Gasteiger charge is -2.41. The number of alkyl carbamates (subject to hydrolysis) is 1. The topological polar surface area (TPSA) is 128 Å². The van der Waals surface area contributed by atoms with Crippen LogP contribution in [0.4, 0.5) is 4.79 Å². The van der Waals surface area contributed by atoms with E-state index in [1.807, 2.05) is 20.8 Å². The lowest BCUT2D eigenvalue weighted by Crippen LogP contribution is -2.63. The quantitative estimate of drug-likeness (QED) is 0.625. The van der Waals surface area contributed by atoms with Gasteiger partial charge in [0.1, 0.15) is 11.1 Å². The number of hydrogen-bond acceptors (Lipinski definition) is 6. The van der Waals surface area contributed by atoms with Crippen LogP contribution >= 0.6 is 0 Å². The molecule has 1 aliphatic carbocycles. The van der Waals surface area contributed by atoms with Crippen molar-refractivity contribution in [1.29, 1.82) is 0 Å². The summed E-state index contributed by atoms with van der Waals surface area (Å²) in [7, 11) is 1.53. The number of amides is 1. The highest BCUT2D eigenvalue weighted by atomic mass is 16.6. The average molecular weight is 401 g/mol. The Morgan fingerprint density at radius 2 is 1.79 bits per heavy atom. The summed E-state index contributed by atoms with van der Waals surface area (Å²) in [5.74, 6) is -2.58. The molecule has 28 heavy (non-hydrogen) atoms. The first-order chi connectivity index (χ1) is 12.6. The SMILES string of the molecule is COC1CCC(N)(C(=O)O)C(C(=O)[C@@H](CC(C)(C)C)NC(=O)OC(C)(C)C)C1. The lowest BCUT2D eigenvalue weighted by atomic mass is 9.68. The molecule has 8 nitrogen and oxygen atoms in total. The molecule has 0 aromatic heterocycles. The molecule has 1 rings (SSSR count). The zero-order valence-electron chi connectivity index (χ0n) is 18.1. The third-order valence-electron chi connectivity index (χ3n) is 4.93. The first kappa shape index (κ1) is 24.4. The van der Waals surface area contributed by atoms with Gasteiger partial charge < -0.3 is 25.6 Å². The standard InChI is InChI=1S/C20H36N2O6/c1-18(2,3)11-14(22-17(26)28-19(4,5)6)15(23)13-10-12(27-7)8-9-20(13,21)16(24)25/h12-14H,8-11,21H2,1-7H3,(H,22,26)(H,24,25)/t12?,13?,14-,20?/m1/s1. The fourth-order valence-electron chi connectivity index (χ4n) is 3.53. The molecule has 4 N–H and O–H groups in total. The second kappa shape index (κ2) is 8.78. The maximum atomic E-state index is 13.4. The number of nitrogens with two attached hydrogens (primary N) is 1. The molecule has 8 heteroatoms. The van der Waals surface area contributed by atoms with Gasteiger partial charge in [0.25, 0.3) is 0 Å². The van der Waals surface area contributed by atoms with Crippen LogP contribution in [-0.4, -0.2) is 53.3 Å². The predicted octanol–water partition coefficient (Wildman–Crippen LogP) is 2.48. The highest BCUT2D eigenvalue weighted by Gasteiger charge is 2.51. The van der Waals surface area contributed by atoms with E-state index >= 15 is 0 Å². The van der Waals surface area contributed by atoms with Gasteiger partial charge in [0.2, 0.25) is 0 Å². The first-order valence-corrected chi connectivity index (χ1v) is 9.67. The van der Waals surface area contributed by atoms with Gasteiger partial charge >= 0.3 is 12.1 Å². The summed E-state index contributed by atoms with van der Waals surface area (Å²) in [6.07, 6.45) is 0.163. The second-order valence-corrected chi connectivity index (χ2v) is 9.90. The van der Waals surface area contributed by atoms with Crippen molar-refractivity contribution in [2.75, 3.05) is 7.11 Å². The minimum absolute atomic E-state index is 0.131. The summed E-state index contributed by atoms with van der Waals surface area (Å²) in [6, 6.07) is -0.905. The number of rotatable bonds is 6. The molecule has 0 aliphatic heterocycles. The van der Waals surface area contributed by atoms with Crippen LogP contribution in [0.15, 0.2) is 0 Å². The zero-order chi connectivity index (χ0) is 21.9. The van der Waals surface area contributed by atoms with E-state index < -0.39 is 40.9 Å². The van der Waals surface area contributed by atoms with Gasteiger partial charge in [-0.1, -0.05) is 20.8 Å². The molecule has 4 atom stereocenters. The smallest absolute Gasteiger partial charge is 0.408 e. The van der Waals surface area contributed by atoms with Gasteiger partial charge in [-0.15, -0.1) is 0 Å². The van der Waals surface area contributed by atoms with Gasteiger partial charge in [-0.05, 0) is 51.9 Å². The van der Waals surface area contributed by atoms with Crippen LogP contribution in [0.25, 0.3) is 0 Å². The number of hydrogen-bond donors (Lipinski definition) is 3. The van der Waals surface area contributed by atoms with Crippen LogP contribution in [0, 0.1) is 11.3 Å². The Labute approximate surface area is 167 Å². The molecule has 0 aromatic carbocycles. The Morgan fingerprint density at radius 3 is 2.21 bits per heavy atom. The normalized spacial score (nSPS) is 27.0. The molecule has 1 fully saturated rings. The van der Waals surface area contributed by atoms with Crippen LogP contribution in [-0.2, 0) is 19.1 Å². The highest BCUT2D eigenvalue weighted by Crippen LogP contribution is 2.36. The van der Waals surface area contributed by atoms with Crippen molar-refractivity contribution in [3.63, 3.8) is 0 Å². The number of methoxy groups -OCH3 is 1. The van der Waals surface area contributed by atoms with Gasteiger partial charge in [0, 0.05) is 7.11 Å². The van der Waals surface area contributed by atoms with Crippen molar-refractivity contribution in [3.8, 4) is 0 Å². The number of ketones is 1. The number of carboxylic acids is 1. The molecule has 162 valence electrons. The van der Waals surface area contributed by atoms with Crippen LogP contribution < -0.4 is 11.1 Å². The number of carbonyl (C=O) groups is 3. The zero-order valence-corrected chi connectivity index (χ0v) is 18.1. The molecule has 1 aliphatic rings. The van der Waals surface area contributed by atoms with E-state index in [9.17, 15) is 19.5 Å². The third kappa shape index (κ3) is 6.74. The van der Waals surface area contributed by atoms with Gasteiger partial charge in [-0.25, -0.2) is 4.79 Å². The molecule has 0 aromatic rings. The number of aliphatic carboxylic acids is 1. The molecule has 0 heterocycles. The summed E-state index contributed by atoms with van der Waals surface area (Å²) >= 11 is 0. The van der Waals surface area contributed by atoms with Crippen LogP contribution in [0.5, 0.6) is 0 Å². The molecular weight excluding hydrogens is 364 g/mol. The van der Waals surface area contributed by atoms with Crippen LogP contribution in [0.1, 0.15) is 67.2 Å². The molecule has 0 radical (unpaired) electrons. The Balaban J connectivity index is 3.16. The van der Waals surface area contributed by atoms with Gasteiger partial charge in [0.15, 0.2) is 5.78 Å². The van der Waals surface area contributed by atoms with Crippen molar-refractivity contribution < 1.29 is 29.0 Å². The second-order valence-electron chi connectivity index (χ2n) is 9.90. The number of ether oxygens (including phenoxy) is 2. The maximum Gasteiger partial charge on any atom is 0.408 e. The summed E-state index contributed by atoms with van der Waals surface area (Å²) in [5, 5.41) is 12.3. The molecule has 1 saturated carbocycles. The third-order valence-corrected chi connectivity index (χ3v) is 4.93. The van der Waals surface area contributed by atoms with E-state index in [1.54, 1.807) is 20.8 Å². The van der Waals surface area contributed by atoms with Crippen molar-refractivity contribution in [2.24, 2.45) is 17.1 Å². The Hall–Kier alpha value is -1.67. The monoisotopic (exact) mass is 400 g/mol. The summed E-state index contributed by atoms with van der Waals surface area (Å²) in [4.78, 5) is 37.6. The largest absolute Gasteiger partial charge is 0.480 e.